The smallest absolute Gasteiger partial charge is 0.230 e. The van der Waals surface area contributed by atoms with Crippen molar-refractivity contribution in [3.63, 3.8) is 0 Å². The topological polar surface area (TPSA) is 32.3 Å². The fourth-order valence-electron chi connectivity index (χ4n) is 5.48. The average molecular weight is 341 g/mol. The fourth-order valence-corrected chi connectivity index (χ4v) is 5.48. The number of nitrogens with zero attached hydrogens (tertiary/aromatic N) is 1. The molecule has 2 bridgehead atoms. The molecule has 0 aromatic heterocycles. The molecule has 1 heterocycles. The van der Waals surface area contributed by atoms with Gasteiger partial charge in [0.15, 0.2) is 0 Å². The molecule has 1 aromatic carbocycles. The highest BCUT2D eigenvalue weighted by molar-refractivity contribution is 5.83. The van der Waals surface area contributed by atoms with Crippen molar-refractivity contribution >= 4 is 5.91 Å². The van der Waals surface area contributed by atoms with E-state index in [-0.39, 0.29) is 5.92 Å². The van der Waals surface area contributed by atoms with Gasteiger partial charge in [0.25, 0.3) is 0 Å². The SMILES string of the molecule is CC[C@@H](C(=O)N1CCC(N[C@@H]2C[C@H]3CC[C@H]2C3)CC1)c1ccccc1. The minimum atomic E-state index is 0.0243. The maximum absolute atomic E-state index is 13.0. The summed E-state index contributed by atoms with van der Waals surface area (Å²) in [4.78, 5) is 15.1. The van der Waals surface area contributed by atoms with Crippen LogP contribution in [0.25, 0.3) is 0 Å². The van der Waals surface area contributed by atoms with Crippen molar-refractivity contribution in [1.82, 2.24) is 10.2 Å². The molecular weight excluding hydrogens is 308 g/mol. The Morgan fingerprint density at radius 1 is 1.12 bits per heavy atom. The van der Waals surface area contributed by atoms with E-state index in [1.807, 2.05) is 18.2 Å². The second-order valence-electron chi connectivity index (χ2n) is 8.42. The third kappa shape index (κ3) is 3.62. The molecule has 0 spiro atoms. The van der Waals surface area contributed by atoms with Crippen molar-refractivity contribution in [2.75, 3.05) is 13.1 Å². The predicted molar refractivity (Wildman–Crippen MR) is 101 cm³/mol. The highest BCUT2D eigenvalue weighted by Gasteiger charge is 2.40. The molecule has 2 aliphatic carbocycles. The maximum atomic E-state index is 13.0. The molecule has 4 atom stereocenters. The Balaban J connectivity index is 1.30. The Hall–Kier alpha value is -1.35. The number of benzene rings is 1. The van der Waals surface area contributed by atoms with Gasteiger partial charge in [-0.1, -0.05) is 43.7 Å². The van der Waals surface area contributed by atoms with Crippen molar-refractivity contribution < 1.29 is 4.79 Å². The number of piperidine rings is 1. The van der Waals surface area contributed by atoms with Gasteiger partial charge in [0.1, 0.15) is 0 Å². The third-order valence-electron chi connectivity index (χ3n) is 6.90. The predicted octanol–water partition coefficient (Wildman–Crippen LogP) is 3.95. The average Bonchev–Trinajstić information content (AvgIpc) is 3.27. The molecule has 4 rings (SSSR count). The second kappa shape index (κ2) is 7.49. The summed E-state index contributed by atoms with van der Waals surface area (Å²) in [5.41, 5.74) is 1.16. The van der Waals surface area contributed by atoms with Crippen molar-refractivity contribution in [3.05, 3.63) is 35.9 Å². The number of amides is 1. The first-order chi connectivity index (χ1) is 12.2. The third-order valence-corrected chi connectivity index (χ3v) is 6.90. The lowest BCUT2D eigenvalue weighted by molar-refractivity contribution is -0.134. The van der Waals surface area contributed by atoms with Gasteiger partial charge >= 0.3 is 0 Å². The van der Waals surface area contributed by atoms with Gasteiger partial charge in [0.05, 0.1) is 5.92 Å². The molecule has 1 N–H and O–H groups in total. The summed E-state index contributed by atoms with van der Waals surface area (Å²) in [5, 5.41) is 3.95. The van der Waals surface area contributed by atoms with Gasteiger partial charge in [-0.05, 0) is 55.9 Å². The lowest BCUT2D eigenvalue weighted by atomic mass is 9.92. The van der Waals surface area contributed by atoms with Gasteiger partial charge in [0, 0.05) is 25.2 Å². The molecule has 1 aliphatic heterocycles. The quantitative estimate of drug-likeness (QED) is 0.880. The maximum Gasteiger partial charge on any atom is 0.230 e. The first-order valence-electron chi connectivity index (χ1n) is 10.3. The summed E-state index contributed by atoms with van der Waals surface area (Å²) in [6.07, 6.45) is 8.88. The van der Waals surface area contributed by atoms with E-state index in [0.717, 1.165) is 55.8 Å². The number of hydrogen-bond acceptors (Lipinski definition) is 2. The Bertz CT molecular complexity index is 579. The molecule has 3 aliphatic rings. The molecule has 3 nitrogen and oxygen atoms in total. The van der Waals surface area contributed by atoms with E-state index in [2.05, 4.69) is 29.3 Å². The van der Waals surface area contributed by atoms with Gasteiger partial charge < -0.3 is 10.2 Å². The number of likely N-dealkylation sites (tertiary alicyclic amines) is 1. The lowest BCUT2D eigenvalue weighted by Gasteiger charge is -2.37. The van der Waals surface area contributed by atoms with E-state index in [1.165, 1.54) is 25.7 Å². The number of nitrogens with one attached hydrogen (secondary N) is 1. The minimum absolute atomic E-state index is 0.0243. The molecule has 3 heteroatoms. The summed E-state index contributed by atoms with van der Waals surface area (Å²) in [7, 11) is 0. The van der Waals surface area contributed by atoms with Crippen LogP contribution in [0.3, 0.4) is 0 Å². The van der Waals surface area contributed by atoms with Crippen LogP contribution >= 0.6 is 0 Å². The molecule has 136 valence electrons. The number of rotatable bonds is 5. The van der Waals surface area contributed by atoms with Gasteiger partial charge in [-0.25, -0.2) is 0 Å². The Kier molecular flexibility index (Phi) is 5.12. The number of carbonyl (C=O) groups is 1. The highest BCUT2D eigenvalue weighted by Crippen LogP contribution is 2.44. The monoisotopic (exact) mass is 340 g/mol. The van der Waals surface area contributed by atoms with Gasteiger partial charge in [0.2, 0.25) is 5.91 Å². The summed E-state index contributed by atoms with van der Waals surface area (Å²) in [6, 6.07) is 11.7. The van der Waals surface area contributed by atoms with Crippen LogP contribution in [-0.4, -0.2) is 36.0 Å². The molecular formula is C22H32N2O. The summed E-state index contributed by atoms with van der Waals surface area (Å²) >= 11 is 0. The molecule has 1 amide bonds. The first kappa shape index (κ1) is 17.1. The number of fused-ring (bicyclic) bond motifs is 2. The molecule has 0 unspecified atom stereocenters. The molecule has 1 aromatic rings. The van der Waals surface area contributed by atoms with Crippen molar-refractivity contribution in [2.45, 2.75) is 69.9 Å². The van der Waals surface area contributed by atoms with Crippen molar-refractivity contribution in [2.24, 2.45) is 11.8 Å². The summed E-state index contributed by atoms with van der Waals surface area (Å²) in [6.45, 7) is 3.96. The van der Waals surface area contributed by atoms with Gasteiger partial charge in [-0.3, -0.25) is 4.79 Å². The van der Waals surface area contributed by atoms with Gasteiger partial charge in [-0.2, -0.15) is 0 Å². The Labute approximate surface area is 152 Å². The van der Waals surface area contributed by atoms with Crippen LogP contribution in [0.4, 0.5) is 0 Å². The Morgan fingerprint density at radius 3 is 2.48 bits per heavy atom. The zero-order chi connectivity index (χ0) is 17.2. The second-order valence-corrected chi connectivity index (χ2v) is 8.42. The normalized spacial score (nSPS) is 30.6. The Morgan fingerprint density at radius 2 is 1.88 bits per heavy atom. The van der Waals surface area contributed by atoms with Crippen LogP contribution in [0.15, 0.2) is 30.3 Å². The molecule has 2 saturated carbocycles. The van der Waals surface area contributed by atoms with E-state index in [1.54, 1.807) is 0 Å². The van der Waals surface area contributed by atoms with Crippen LogP contribution in [0, 0.1) is 11.8 Å². The zero-order valence-electron chi connectivity index (χ0n) is 15.5. The standard InChI is InChI=1S/C22H32N2O/c1-2-20(17-6-4-3-5-7-17)22(25)24-12-10-19(11-13-24)23-21-15-16-8-9-18(21)14-16/h3-7,16,18-21,23H,2,8-15H2,1H3/t16-,18-,20+,21+/m0/s1. The van der Waals surface area contributed by atoms with Crippen LogP contribution in [0.1, 0.15) is 63.4 Å². The fraction of sp³-hybridized carbons (Fsp3) is 0.682. The molecule has 0 radical (unpaired) electrons. The number of hydrogen-bond donors (Lipinski definition) is 1. The first-order valence-corrected chi connectivity index (χ1v) is 10.3. The van der Waals surface area contributed by atoms with E-state index < -0.39 is 0 Å². The van der Waals surface area contributed by atoms with E-state index in [0.29, 0.717) is 11.9 Å². The molecule has 25 heavy (non-hydrogen) atoms. The molecule has 3 fully saturated rings. The van der Waals surface area contributed by atoms with Crippen LogP contribution in [0.2, 0.25) is 0 Å². The molecule has 1 saturated heterocycles. The zero-order valence-corrected chi connectivity index (χ0v) is 15.5. The van der Waals surface area contributed by atoms with Gasteiger partial charge in [-0.15, -0.1) is 0 Å². The van der Waals surface area contributed by atoms with E-state index in [9.17, 15) is 4.79 Å². The summed E-state index contributed by atoms with van der Waals surface area (Å²) in [5.74, 6) is 2.29. The van der Waals surface area contributed by atoms with Crippen LogP contribution in [0.5, 0.6) is 0 Å². The minimum Gasteiger partial charge on any atom is -0.342 e. The van der Waals surface area contributed by atoms with Crippen molar-refractivity contribution in [1.29, 1.82) is 0 Å². The van der Waals surface area contributed by atoms with Crippen molar-refractivity contribution in [3.8, 4) is 0 Å². The van der Waals surface area contributed by atoms with Crippen LogP contribution < -0.4 is 5.32 Å². The largest absolute Gasteiger partial charge is 0.342 e. The number of carbonyl (C=O) groups excluding carboxylic acids is 1. The van der Waals surface area contributed by atoms with Crippen LogP contribution in [-0.2, 0) is 4.79 Å². The summed E-state index contributed by atoms with van der Waals surface area (Å²) < 4.78 is 0. The lowest BCUT2D eigenvalue weighted by Crippen LogP contribution is -2.49. The van der Waals surface area contributed by atoms with E-state index >= 15 is 0 Å². The van der Waals surface area contributed by atoms with E-state index in [4.69, 9.17) is 0 Å². The highest BCUT2D eigenvalue weighted by atomic mass is 16.2.